The van der Waals surface area contributed by atoms with E-state index in [2.05, 4.69) is 47.7 Å². The molecule has 1 aromatic heterocycles. The summed E-state index contributed by atoms with van der Waals surface area (Å²) >= 11 is 5.85. The van der Waals surface area contributed by atoms with E-state index in [1.807, 2.05) is 18.2 Å². The lowest BCUT2D eigenvalue weighted by molar-refractivity contribution is -0.136. The second-order valence-electron chi connectivity index (χ2n) is 12.7. The molecule has 48 heavy (non-hydrogen) atoms. The maximum Gasteiger partial charge on any atom is 0.273 e. The lowest BCUT2D eigenvalue weighted by Crippen LogP contribution is -2.54. The number of nitrogens with one attached hydrogen (secondary N) is 2. The van der Waals surface area contributed by atoms with Gasteiger partial charge in [-0.2, -0.15) is 4.98 Å². The molecular weight excluding hydrogens is 638 g/mol. The smallest absolute Gasteiger partial charge is 0.273 e. The third kappa shape index (κ3) is 6.20. The first kappa shape index (κ1) is 31.6. The Bertz CT molecular complexity index is 1810. The molecule has 15 heteroatoms. The number of aromatic nitrogens is 3. The van der Waals surface area contributed by atoms with Gasteiger partial charge in [0.25, 0.3) is 17.7 Å². The molecule has 5 amide bonds. The van der Waals surface area contributed by atoms with E-state index < -0.39 is 35.6 Å². The molecule has 0 bridgehead atoms. The average Bonchev–Trinajstić information content (AvgIpc) is 3.63. The molecular formula is C33H34ClN9O5. The van der Waals surface area contributed by atoms with E-state index in [0.29, 0.717) is 23.0 Å². The summed E-state index contributed by atoms with van der Waals surface area (Å²) in [6.45, 7) is 4.71. The van der Waals surface area contributed by atoms with Gasteiger partial charge in [0.15, 0.2) is 11.5 Å². The standard InChI is InChI=1S/C33H34ClN9O5/c34-33-38-29(27(28(35)45)39-40-33)36-21-3-1-19(2-4-21)20-10-12-41(13-11-20)16-18-9-14-42(17-18)22-5-6-23-24(15-22)32(48)43(31(23)47)25-7-8-26(44)37-30(25)46/h1-6,15,18,20,25H,7-14,16-17H2,(H2,35,45)(H,36,38,40)(H,37,44,46). The van der Waals surface area contributed by atoms with Gasteiger partial charge in [-0.1, -0.05) is 12.1 Å². The number of nitrogens with two attached hydrogens (primary N) is 1. The highest BCUT2D eigenvalue weighted by Gasteiger charge is 2.45. The van der Waals surface area contributed by atoms with E-state index in [4.69, 9.17) is 17.3 Å². The minimum atomic E-state index is -0.971. The van der Waals surface area contributed by atoms with Crippen molar-refractivity contribution in [2.75, 3.05) is 42.9 Å². The zero-order chi connectivity index (χ0) is 33.5. The van der Waals surface area contributed by atoms with Gasteiger partial charge in [0, 0.05) is 37.4 Å². The number of fused-ring (bicyclic) bond motifs is 1. The van der Waals surface area contributed by atoms with Crippen molar-refractivity contribution in [3.8, 4) is 0 Å². The number of amides is 5. The summed E-state index contributed by atoms with van der Waals surface area (Å²) in [5, 5.41) is 12.5. The van der Waals surface area contributed by atoms with Gasteiger partial charge in [0.2, 0.25) is 17.1 Å². The minimum Gasteiger partial charge on any atom is -0.371 e. The van der Waals surface area contributed by atoms with Crippen molar-refractivity contribution < 1.29 is 24.0 Å². The number of anilines is 3. The minimum absolute atomic E-state index is 0.0847. The van der Waals surface area contributed by atoms with Crippen LogP contribution in [-0.4, -0.2) is 93.3 Å². The van der Waals surface area contributed by atoms with Crippen LogP contribution >= 0.6 is 11.6 Å². The van der Waals surface area contributed by atoms with Crippen LogP contribution in [0.15, 0.2) is 42.5 Å². The number of likely N-dealkylation sites (tertiary alicyclic amines) is 1. The molecule has 3 aromatic rings. The number of hydrogen-bond acceptors (Lipinski definition) is 11. The Hall–Kier alpha value is -4.95. The van der Waals surface area contributed by atoms with Gasteiger partial charge in [-0.25, -0.2) is 0 Å². The highest BCUT2D eigenvalue weighted by molar-refractivity contribution is 6.28. The number of carbonyl (C=O) groups excluding carboxylic acids is 5. The summed E-state index contributed by atoms with van der Waals surface area (Å²) in [6.07, 6.45) is 3.35. The summed E-state index contributed by atoms with van der Waals surface area (Å²) in [6, 6.07) is 12.4. The fourth-order valence-electron chi connectivity index (χ4n) is 7.22. The van der Waals surface area contributed by atoms with Crippen molar-refractivity contribution in [2.45, 2.75) is 44.1 Å². The normalized spacial score (nSPS) is 21.9. The third-order valence-electron chi connectivity index (χ3n) is 9.72. The number of carbonyl (C=O) groups is 5. The van der Waals surface area contributed by atoms with Crippen molar-refractivity contribution in [2.24, 2.45) is 11.7 Å². The first-order chi connectivity index (χ1) is 23.1. The molecule has 248 valence electrons. The molecule has 0 spiro atoms. The Morgan fingerprint density at radius 1 is 0.938 bits per heavy atom. The molecule has 4 N–H and O–H groups in total. The van der Waals surface area contributed by atoms with Crippen LogP contribution in [0.4, 0.5) is 17.2 Å². The average molecular weight is 672 g/mol. The zero-order valence-electron chi connectivity index (χ0n) is 26.0. The van der Waals surface area contributed by atoms with E-state index >= 15 is 0 Å². The first-order valence-electron chi connectivity index (χ1n) is 16.0. The fraction of sp³-hybridized carbons (Fsp3) is 0.394. The molecule has 7 rings (SSSR count). The summed E-state index contributed by atoms with van der Waals surface area (Å²) in [5.74, 6) is -1.65. The molecule has 2 unspecified atom stereocenters. The monoisotopic (exact) mass is 671 g/mol. The predicted molar refractivity (Wildman–Crippen MR) is 175 cm³/mol. The van der Waals surface area contributed by atoms with Crippen molar-refractivity contribution in [1.29, 1.82) is 0 Å². The van der Waals surface area contributed by atoms with E-state index in [1.54, 1.807) is 12.1 Å². The van der Waals surface area contributed by atoms with Crippen LogP contribution in [-0.2, 0) is 9.59 Å². The number of nitrogens with zero attached hydrogens (tertiary/aromatic N) is 6. The van der Waals surface area contributed by atoms with Crippen molar-refractivity contribution in [3.63, 3.8) is 0 Å². The molecule has 2 atom stereocenters. The van der Waals surface area contributed by atoms with Crippen LogP contribution in [0.2, 0.25) is 5.28 Å². The Labute approximate surface area is 281 Å². The molecule has 2 aromatic carbocycles. The van der Waals surface area contributed by atoms with Crippen LogP contribution in [0, 0.1) is 5.92 Å². The molecule has 3 saturated heterocycles. The number of piperidine rings is 2. The molecule has 14 nitrogen and oxygen atoms in total. The van der Waals surface area contributed by atoms with Gasteiger partial charge >= 0.3 is 0 Å². The van der Waals surface area contributed by atoms with Crippen LogP contribution in [0.5, 0.6) is 0 Å². The summed E-state index contributed by atoms with van der Waals surface area (Å²) in [5.41, 5.74) is 8.77. The second kappa shape index (κ2) is 12.9. The highest BCUT2D eigenvalue weighted by Crippen LogP contribution is 2.34. The van der Waals surface area contributed by atoms with E-state index in [1.165, 1.54) is 5.56 Å². The fourth-order valence-corrected chi connectivity index (χ4v) is 7.34. The van der Waals surface area contributed by atoms with Gasteiger partial charge in [-0.05, 0) is 98.1 Å². The zero-order valence-corrected chi connectivity index (χ0v) is 26.8. The number of imide groups is 2. The summed E-state index contributed by atoms with van der Waals surface area (Å²) in [7, 11) is 0. The summed E-state index contributed by atoms with van der Waals surface area (Å²) < 4.78 is 0. The number of benzene rings is 2. The van der Waals surface area contributed by atoms with E-state index in [-0.39, 0.29) is 29.6 Å². The first-order valence-corrected chi connectivity index (χ1v) is 16.4. The topological polar surface area (TPSA) is 184 Å². The number of primary amides is 1. The van der Waals surface area contributed by atoms with Crippen molar-refractivity contribution in [3.05, 3.63) is 70.1 Å². The Kier molecular flexibility index (Phi) is 8.52. The van der Waals surface area contributed by atoms with Gasteiger partial charge in [-0.3, -0.25) is 34.2 Å². The molecule has 0 aliphatic carbocycles. The van der Waals surface area contributed by atoms with Gasteiger partial charge in [0.05, 0.1) is 11.1 Å². The number of rotatable bonds is 8. The van der Waals surface area contributed by atoms with Crippen LogP contribution < -0.4 is 21.3 Å². The molecule has 0 radical (unpaired) electrons. The van der Waals surface area contributed by atoms with Crippen molar-refractivity contribution in [1.82, 2.24) is 30.3 Å². The number of hydrogen-bond donors (Lipinski definition) is 3. The van der Waals surface area contributed by atoms with Crippen LogP contribution in [0.1, 0.15) is 74.8 Å². The Balaban J connectivity index is 0.912. The predicted octanol–water partition coefficient (Wildman–Crippen LogP) is 2.47. The lowest BCUT2D eigenvalue weighted by Gasteiger charge is -2.34. The van der Waals surface area contributed by atoms with Crippen LogP contribution in [0.3, 0.4) is 0 Å². The summed E-state index contributed by atoms with van der Waals surface area (Å²) in [4.78, 5) is 71.8. The second-order valence-corrected chi connectivity index (χ2v) is 13.1. The Morgan fingerprint density at radius 2 is 1.69 bits per heavy atom. The van der Waals surface area contributed by atoms with E-state index in [9.17, 15) is 24.0 Å². The largest absolute Gasteiger partial charge is 0.371 e. The van der Waals surface area contributed by atoms with E-state index in [0.717, 1.165) is 68.3 Å². The maximum atomic E-state index is 13.3. The highest BCUT2D eigenvalue weighted by atomic mass is 35.5. The van der Waals surface area contributed by atoms with Crippen LogP contribution in [0.25, 0.3) is 0 Å². The van der Waals surface area contributed by atoms with Gasteiger partial charge < -0.3 is 20.9 Å². The number of halogens is 1. The molecule has 5 heterocycles. The molecule has 4 aliphatic rings. The Morgan fingerprint density at radius 3 is 2.42 bits per heavy atom. The lowest BCUT2D eigenvalue weighted by atomic mass is 9.89. The maximum absolute atomic E-state index is 13.3. The molecule has 0 saturated carbocycles. The quantitative estimate of drug-likeness (QED) is 0.299. The molecule has 4 aliphatic heterocycles. The third-order valence-corrected chi connectivity index (χ3v) is 9.88. The van der Waals surface area contributed by atoms with Gasteiger partial charge in [-0.15, -0.1) is 10.2 Å². The SMILES string of the molecule is NC(=O)c1nnc(Cl)nc1Nc1ccc(C2CCN(CC3CCN(c4ccc5c(c4)C(=O)N(C4CCC(=O)NC4=O)C5=O)C3)CC2)cc1. The van der Waals surface area contributed by atoms with Crippen molar-refractivity contribution >= 4 is 58.3 Å². The molecule has 3 fully saturated rings. The van der Waals surface area contributed by atoms with Gasteiger partial charge in [0.1, 0.15) is 6.04 Å².